The second-order valence-electron chi connectivity index (χ2n) is 4.16. The quantitative estimate of drug-likeness (QED) is 0.897. The fraction of sp³-hybridized carbons (Fsp3) is 0.333. The summed E-state index contributed by atoms with van der Waals surface area (Å²) >= 11 is 5.88. The number of carboxylic acid groups (broad SMARTS) is 1. The minimum atomic E-state index is -5.13. The fourth-order valence-corrected chi connectivity index (χ4v) is 1.79. The normalized spacial score (nSPS) is 12.8. The van der Waals surface area contributed by atoms with Crippen LogP contribution in [0.3, 0.4) is 0 Å². The zero-order valence-corrected chi connectivity index (χ0v) is 11.0. The van der Waals surface area contributed by atoms with E-state index in [1.54, 1.807) is 19.1 Å². The number of aryl methyl sites for hydroxylation is 1. The summed E-state index contributed by atoms with van der Waals surface area (Å²) in [7, 11) is 0. The molecule has 4 nitrogen and oxygen atoms in total. The summed E-state index contributed by atoms with van der Waals surface area (Å²) in [6.07, 6.45) is -5.47. The molecule has 0 radical (unpaired) electrons. The number of amides is 1. The first-order valence-corrected chi connectivity index (χ1v) is 5.84. The van der Waals surface area contributed by atoms with Gasteiger partial charge < -0.3 is 10.4 Å². The smallest absolute Gasteiger partial charge is 0.471 e. The Balaban J connectivity index is 2.88. The Morgan fingerprint density at radius 3 is 2.45 bits per heavy atom. The Hall–Kier alpha value is -1.76. The van der Waals surface area contributed by atoms with Crippen molar-refractivity contribution in [2.24, 2.45) is 0 Å². The lowest BCUT2D eigenvalue weighted by molar-refractivity contribution is -0.175. The zero-order valence-electron chi connectivity index (χ0n) is 10.3. The molecule has 1 aromatic rings. The molecule has 0 aromatic heterocycles. The number of carboxylic acids is 1. The highest BCUT2D eigenvalue weighted by Crippen LogP contribution is 2.20. The second kappa shape index (κ2) is 6.13. The molecule has 110 valence electrons. The molecule has 0 fully saturated rings. The number of carbonyl (C=O) groups is 2. The van der Waals surface area contributed by atoms with Crippen molar-refractivity contribution in [3.05, 3.63) is 34.3 Å². The van der Waals surface area contributed by atoms with Crippen molar-refractivity contribution in [1.29, 1.82) is 0 Å². The van der Waals surface area contributed by atoms with Crippen LogP contribution in [-0.2, 0) is 16.0 Å². The van der Waals surface area contributed by atoms with E-state index in [2.05, 4.69) is 0 Å². The maximum atomic E-state index is 12.1. The van der Waals surface area contributed by atoms with Gasteiger partial charge in [0.15, 0.2) is 0 Å². The molecule has 2 N–H and O–H groups in total. The molecule has 20 heavy (non-hydrogen) atoms. The molecule has 0 heterocycles. The maximum absolute atomic E-state index is 12.1. The van der Waals surface area contributed by atoms with Crippen molar-refractivity contribution in [1.82, 2.24) is 5.32 Å². The molecule has 0 aliphatic rings. The largest absolute Gasteiger partial charge is 0.480 e. The van der Waals surface area contributed by atoms with E-state index in [0.717, 1.165) is 5.56 Å². The van der Waals surface area contributed by atoms with Gasteiger partial charge in [-0.05, 0) is 24.1 Å². The summed E-state index contributed by atoms with van der Waals surface area (Å²) < 4.78 is 36.3. The Labute approximate surface area is 117 Å². The fourth-order valence-electron chi connectivity index (χ4n) is 1.48. The standard InChI is InChI=1S/C12H11ClF3NO3/c1-6-2-3-7(8(13)4-6)5-9(10(18)19)17-11(20)12(14,15)16/h2-4,9H,5H2,1H3,(H,17,20)(H,18,19)/t9-/m1/s1. The minimum Gasteiger partial charge on any atom is -0.480 e. The highest BCUT2D eigenvalue weighted by atomic mass is 35.5. The number of hydrogen-bond donors (Lipinski definition) is 2. The summed E-state index contributed by atoms with van der Waals surface area (Å²) in [6.45, 7) is 1.76. The van der Waals surface area contributed by atoms with Gasteiger partial charge in [0.25, 0.3) is 0 Å². The Morgan fingerprint density at radius 1 is 1.40 bits per heavy atom. The van der Waals surface area contributed by atoms with E-state index in [9.17, 15) is 22.8 Å². The average Bonchev–Trinajstić information content (AvgIpc) is 2.29. The van der Waals surface area contributed by atoms with Crippen LogP contribution in [0.4, 0.5) is 13.2 Å². The molecule has 0 bridgehead atoms. The van der Waals surface area contributed by atoms with Crippen molar-refractivity contribution in [2.75, 3.05) is 0 Å². The molecule has 0 saturated heterocycles. The van der Waals surface area contributed by atoms with Gasteiger partial charge in [-0.15, -0.1) is 0 Å². The lowest BCUT2D eigenvalue weighted by atomic mass is 10.0. The van der Waals surface area contributed by atoms with Crippen LogP contribution in [-0.4, -0.2) is 29.2 Å². The van der Waals surface area contributed by atoms with Gasteiger partial charge in [-0.25, -0.2) is 4.79 Å². The molecule has 0 aliphatic carbocycles. The highest BCUT2D eigenvalue weighted by molar-refractivity contribution is 6.31. The van der Waals surface area contributed by atoms with Crippen LogP contribution in [0, 0.1) is 6.92 Å². The number of nitrogens with one attached hydrogen (secondary N) is 1. The topological polar surface area (TPSA) is 66.4 Å². The second-order valence-corrected chi connectivity index (χ2v) is 4.57. The van der Waals surface area contributed by atoms with Crippen molar-refractivity contribution < 1.29 is 27.9 Å². The minimum absolute atomic E-state index is 0.234. The molecular formula is C12H11ClF3NO3. The SMILES string of the molecule is Cc1ccc(C[C@@H](NC(=O)C(F)(F)F)C(=O)O)c(Cl)c1. The lowest BCUT2D eigenvalue weighted by Crippen LogP contribution is -2.47. The van der Waals surface area contributed by atoms with Gasteiger partial charge in [0, 0.05) is 11.4 Å². The van der Waals surface area contributed by atoms with E-state index in [1.165, 1.54) is 11.4 Å². The van der Waals surface area contributed by atoms with E-state index in [4.69, 9.17) is 16.7 Å². The van der Waals surface area contributed by atoms with Crippen LogP contribution >= 0.6 is 11.6 Å². The molecule has 1 atom stereocenters. The Bertz CT molecular complexity index is 531. The first-order valence-electron chi connectivity index (χ1n) is 5.46. The monoisotopic (exact) mass is 309 g/mol. The van der Waals surface area contributed by atoms with Crippen LogP contribution in [0.5, 0.6) is 0 Å². The summed E-state index contributed by atoms with van der Waals surface area (Å²) in [5.41, 5.74) is 1.16. The molecule has 1 aromatic carbocycles. The molecule has 1 rings (SSSR count). The summed E-state index contributed by atoms with van der Waals surface area (Å²) in [6, 6.07) is 3.00. The van der Waals surface area contributed by atoms with Gasteiger partial charge in [-0.2, -0.15) is 13.2 Å². The number of aliphatic carboxylic acids is 1. The Morgan fingerprint density at radius 2 is 2.00 bits per heavy atom. The van der Waals surface area contributed by atoms with Gasteiger partial charge in [-0.1, -0.05) is 23.7 Å². The van der Waals surface area contributed by atoms with Gasteiger partial charge in [0.2, 0.25) is 0 Å². The van der Waals surface area contributed by atoms with Crippen molar-refractivity contribution in [2.45, 2.75) is 25.6 Å². The van der Waals surface area contributed by atoms with Crippen LogP contribution in [0.25, 0.3) is 0 Å². The number of halogens is 4. The van der Waals surface area contributed by atoms with E-state index in [0.29, 0.717) is 5.56 Å². The third kappa shape index (κ3) is 4.41. The number of carbonyl (C=O) groups excluding carboxylic acids is 1. The molecular weight excluding hydrogens is 299 g/mol. The Kier molecular flexibility index (Phi) is 4.99. The number of alkyl halides is 3. The third-order valence-corrected chi connectivity index (χ3v) is 2.85. The number of benzene rings is 1. The predicted molar refractivity (Wildman–Crippen MR) is 65.5 cm³/mol. The van der Waals surface area contributed by atoms with Crippen molar-refractivity contribution >= 4 is 23.5 Å². The molecule has 0 aliphatic heterocycles. The highest BCUT2D eigenvalue weighted by Gasteiger charge is 2.40. The number of hydrogen-bond acceptors (Lipinski definition) is 2. The molecule has 8 heteroatoms. The summed E-state index contributed by atoms with van der Waals surface area (Å²) in [5, 5.41) is 10.5. The van der Waals surface area contributed by atoms with Crippen molar-refractivity contribution in [3.63, 3.8) is 0 Å². The van der Waals surface area contributed by atoms with Gasteiger partial charge in [0.05, 0.1) is 0 Å². The van der Waals surface area contributed by atoms with E-state index in [1.807, 2.05) is 0 Å². The van der Waals surface area contributed by atoms with E-state index in [-0.39, 0.29) is 11.4 Å². The van der Waals surface area contributed by atoms with Crippen LogP contribution < -0.4 is 5.32 Å². The predicted octanol–water partition coefficient (Wildman–Crippen LogP) is 2.32. The maximum Gasteiger partial charge on any atom is 0.471 e. The summed E-state index contributed by atoms with van der Waals surface area (Å²) in [5.74, 6) is -3.87. The van der Waals surface area contributed by atoms with Gasteiger partial charge in [0.1, 0.15) is 6.04 Å². The summed E-state index contributed by atoms with van der Waals surface area (Å²) in [4.78, 5) is 21.7. The van der Waals surface area contributed by atoms with Gasteiger partial charge in [-0.3, -0.25) is 4.79 Å². The molecule has 1 amide bonds. The van der Waals surface area contributed by atoms with Crippen molar-refractivity contribution in [3.8, 4) is 0 Å². The average molecular weight is 310 g/mol. The third-order valence-electron chi connectivity index (χ3n) is 2.49. The lowest BCUT2D eigenvalue weighted by Gasteiger charge is -2.16. The van der Waals surface area contributed by atoms with Crippen LogP contribution in [0.1, 0.15) is 11.1 Å². The molecule has 0 spiro atoms. The van der Waals surface area contributed by atoms with E-state index < -0.39 is 24.1 Å². The van der Waals surface area contributed by atoms with E-state index >= 15 is 0 Å². The molecule has 0 saturated carbocycles. The van der Waals surface area contributed by atoms with Crippen LogP contribution in [0.15, 0.2) is 18.2 Å². The number of rotatable bonds is 4. The zero-order chi connectivity index (χ0) is 15.5. The molecule has 0 unspecified atom stereocenters. The van der Waals surface area contributed by atoms with Crippen LogP contribution in [0.2, 0.25) is 5.02 Å². The first kappa shape index (κ1) is 16.3. The van der Waals surface area contributed by atoms with Gasteiger partial charge >= 0.3 is 18.1 Å². The first-order chi connectivity index (χ1) is 9.11.